The summed E-state index contributed by atoms with van der Waals surface area (Å²) in [6, 6.07) is 31.7. The number of pyridine rings is 2. The molecule has 0 fully saturated rings. The van der Waals surface area contributed by atoms with Gasteiger partial charge in [-0.25, -0.2) is 0 Å². The quantitative estimate of drug-likeness (QED) is 0.171. The van der Waals surface area contributed by atoms with Crippen molar-refractivity contribution in [2.45, 2.75) is 26.2 Å². The molecule has 4 heterocycles. The van der Waals surface area contributed by atoms with Gasteiger partial charge in [0.05, 0.1) is 0 Å². The Morgan fingerprint density at radius 2 is 1.65 bits per heavy atom. The number of aromatic nitrogens is 6. The van der Waals surface area contributed by atoms with Gasteiger partial charge in [0, 0.05) is 24.2 Å². The summed E-state index contributed by atoms with van der Waals surface area (Å²) >= 11 is 2.24. The molecule has 0 aliphatic rings. The van der Waals surface area contributed by atoms with Gasteiger partial charge in [-0.2, -0.15) is 0 Å². The molecule has 216 valence electrons. The normalized spacial score (nSPS) is 11.9. The second-order valence-electron chi connectivity index (χ2n) is 11.4. The van der Waals surface area contributed by atoms with Gasteiger partial charge in [-0.3, -0.25) is 4.98 Å². The van der Waals surface area contributed by atoms with Crippen molar-refractivity contribution in [3.63, 3.8) is 0 Å². The standard InChI is InChI=1S/C35H28N6O.Pt/c1-35(2,3)26-9-12-32-31(18-26)30-11-10-29(42-28-7-5-6-27(19-28)40-22-38-39(4)23-40)20-33(30)41(32)34-13-8-25(21-37-34)24-14-16-36-17-15-24;/h5-18,21-22H,1-4H3;/q-2;. The Balaban J connectivity index is 1.35. The number of rotatable bonds is 5. The van der Waals surface area contributed by atoms with Crippen LogP contribution in [0.5, 0.6) is 11.5 Å². The molecule has 3 aromatic carbocycles. The van der Waals surface area contributed by atoms with E-state index in [1.165, 1.54) is 5.56 Å². The van der Waals surface area contributed by atoms with Crippen molar-refractivity contribution < 1.29 is 24.1 Å². The molecule has 0 unspecified atom stereocenters. The van der Waals surface area contributed by atoms with E-state index in [2.05, 4.69) is 103 Å². The van der Waals surface area contributed by atoms with Crippen molar-refractivity contribution in [3.8, 4) is 34.1 Å². The predicted octanol–water partition coefficient (Wildman–Crippen LogP) is 7.53. The molecule has 7 aromatic rings. The molecule has 0 saturated carbocycles. The average molecular weight is 744 g/mol. The summed E-state index contributed by atoms with van der Waals surface area (Å²) in [5, 5.41) is 6.58. The van der Waals surface area contributed by atoms with E-state index in [1.807, 2.05) is 58.9 Å². The third-order valence-corrected chi connectivity index (χ3v) is 8.79. The minimum absolute atomic E-state index is 0.0187. The Morgan fingerprint density at radius 3 is 2.37 bits per heavy atom. The van der Waals surface area contributed by atoms with Crippen molar-refractivity contribution in [2.75, 3.05) is 0 Å². The summed E-state index contributed by atoms with van der Waals surface area (Å²) in [4.78, 5) is 9.04. The summed E-state index contributed by atoms with van der Waals surface area (Å²) < 4.78 is 13.2. The molecule has 0 amide bonds. The second kappa shape index (κ2) is 10.6. The number of ether oxygens (including phenoxy) is 1. The van der Waals surface area contributed by atoms with E-state index in [-0.39, 0.29) is 5.41 Å². The molecule has 0 spiro atoms. The predicted molar refractivity (Wildman–Crippen MR) is 164 cm³/mol. The van der Waals surface area contributed by atoms with Crippen LogP contribution in [0.15, 0.2) is 97.7 Å². The SMILES string of the molecule is Cn1ncn(-c2[c-]c(Oc3[c-]c4c(cc3)c3cc(C(C)(C)C)ccc3n4-c3ccc(-c4ccncc4)cn3)ccc2)[c]1=[Pt]. The van der Waals surface area contributed by atoms with Crippen LogP contribution in [0.1, 0.15) is 26.3 Å². The summed E-state index contributed by atoms with van der Waals surface area (Å²) in [5.41, 5.74) is 6.21. The van der Waals surface area contributed by atoms with Crippen molar-refractivity contribution in [1.82, 2.24) is 28.9 Å². The van der Waals surface area contributed by atoms with Gasteiger partial charge in [-0.1, -0.05) is 26.8 Å². The first-order valence-corrected chi connectivity index (χ1v) is 15.0. The number of hydrogen-bond donors (Lipinski definition) is 0. The van der Waals surface area contributed by atoms with Crippen LogP contribution in [0, 0.1) is 15.9 Å². The molecule has 0 saturated heterocycles. The van der Waals surface area contributed by atoms with E-state index in [0.29, 0.717) is 11.5 Å². The zero-order chi connectivity index (χ0) is 29.7. The van der Waals surface area contributed by atoms with Crippen LogP contribution in [0.4, 0.5) is 0 Å². The molecule has 43 heavy (non-hydrogen) atoms. The van der Waals surface area contributed by atoms with Gasteiger partial charge in [0.15, 0.2) is 0 Å². The third-order valence-electron chi connectivity index (χ3n) is 7.51. The van der Waals surface area contributed by atoms with E-state index in [4.69, 9.17) is 9.72 Å². The van der Waals surface area contributed by atoms with Gasteiger partial charge in [0.25, 0.3) is 0 Å². The fourth-order valence-electron chi connectivity index (χ4n) is 5.20. The van der Waals surface area contributed by atoms with Crippen molar-refractivity contribution in [1.29, 1.82) is 0 Å². The zero-order valence-electron chi connectivity index (χ0n) is 24.1. The summed E-state index contributed by atoms with van der Waals surface area (Å²) in [7, 11) is 1.91. The van der Waals surface area contributed by atoms with E-state index >= 15 is 0 Å². The first-order chi connectivity index (χ1) is 20.8. The molecule has 0 radical (unpaired) electrons. The van der Waals surface area contributed by atoms with Crippen molar-refractivity contribution in [3.05, 3.63) is 119 Å². The van der Waals surface area contributed by atoms with Crippen LogP contribution >= 0.6 is 0 Å². The topological polar surface area (TPSA) is 62.7 Å². The summed E-state index contributed by atoms with van der Waals surface area (Å²) in [6.07, 6.45) is 7.27. The molecule has 0 N–H and O–H groups in total. The molecule has 0 aliphatic heterocycles. The van der Waals surface area contributed by atoms with Crippen LogP contribution in [0.2, 0.25) is 0 Å². The average Bonchev–Trinajstić information content (AvgIpc) is 3.52. The van der Waals surface area contributed by atoms with E-state index in [1.54, 1.807) is 18.7 Å². The molecular formula is C35H28N6OPt-2. The first kappa shape index (κ1) is 27.2. The Bertz CT molecular complexity index is 2170. The number of hydrogen-bond acceptors (Lipinski definition) is 4. The number of nitrogens with zero attached hydrogens (tertiary/aromatic N) is 6. The van der Waals surface area contributed by atoms with Crippen molar-refractivity contribution >= 4 is 21.8 Å². The van der Waals surface area contributed by atoms with Gasteiger partial charge in [-0.15, -0.1) is 0 Å². The molecule has 7 nitrogen and oxygen atoms in total. The maximum atomic E-state index is 6.34. The van der Waals surface area contributed by atoms with Crippen LogP contribution in [-0.2, 0) is 31.8 Å². The number of benzene rings is 3. The Labute approximate surface area is 260 Å². The van der Waals surface area contributed by atoms with Crippen molar-refractivity contribution in [2.24, 2.45) is 7.05 Å². The van der Waals surface area contributed by atoms with Crippen LogP contribution in [-0.4, -0.2) is 28.9 Å². The first-order valence-electron chi connectivity index (χ1n) is 13.9. The van der Waals surface area contributed by atoms with E-state index in [9.17, 15) is 0 Å². The maximum absolute atomic E-state index is 6.34. The Hall–Kier alpha value is -4.61. The molecule has 8 heteroatoms. The van der Waals surface area contributed by atoms with E-state index in [0.717, 1.165) is 48.2 Å². The molecule has 0 bridgehead atoms. The van der Waals surface area contributed by atoms with Gasteiger partial charge in [0.2, 0.25) is 0 Å². The zero-order valence-corrected chi connectivity index (χ0v) is 26.4. The Morgan fingerprint density at radius 1 is 0.837 bits per heavy atom. The molecule has 0 aliphatic carbocycles. The molecule has 0 atom stereocenters. The number of aryl methyl sites for hydroxylation is 1. The third kappa shape index (κ3) is 5.04. The van der Waals surface area contributed by atoms with Crippen LogP contribution in [0.3, 0.4) is 0 Å². The molecule has 7 rings (SSSR count). The number of fused-ring (bicyclic) bond motifs is 3. The molecule has 4 aromatic heterocycles. The minimum atomic E-state index is 0.0187. The van der Waals surface area contributed by atoms with Gasteiger partial charge < -0.3 is 0 Å². The fraction of sp³-hybridized carbons (Fsp3) is 0.143. The van der Waals surface area contributed by atoms with Gasteiger partial charge >= 0.3 is 171 Å². The van der Waals surface area contributed by atoms with Crippen LogP contribution in [0.25, 0.3) is 44.4 Å². The molecular weight excluding hydrogens is 716 g/mol. The van der Waals surface area contributed by atoms with Gasteiger partial charge in [0.1, 0.15) is 0 Å². The van der Waals surface area contributed by atoms with E-state index < -0.39 is 0 Å². The fourth-order valence-corrected chi connectivity index (χ4v) is 5.74. The Kier molecular flexibility index (Phi) is 6.70. The summed E-state index contributed by atoms with van der Waals surface area (Å²) in [6.45, 7) is 6.71. The van der Waals surface area contributed by atoms with Gasteiger partial charge in [-0.05, 0) is 34.7 Å². The van der Waals surface area contributed by atoms with Crippen LogP contribution < -0.4 is 4.74 Å². The second-order valence-corrected chi connectivity index (χ2v) is 12.4. The summed E-state index contributed by atoms with van der Waals surface area (Å²) in [5.74, 6) is 2.00. The monoisotopic (exact) mass is 743 g/mol.